The maximum Gasteiger partial charge on any atom is 0.126 e. The van der Waals surface area contributed by atoms with E-state index in [1.54, 1.807) is 6.07 Å². The Hall–Kier alpha value is -1.81. The molecule has 1 atom stereocenters. The average Bonchev–Trinajstić information content (AvgIpc) is 2.42. The van der Waals surface area contributed by atoms with Crippen LogP contribution in [-0.4, -0.2) is 13.1 Å². The maximum atomic E-state index is 13.4. The second-order valence-corrected chi connectivity index (χ2v) is 5.04. The zero-order valence-electron chi connectivity index (χ0n) is 11.9. The van der Waals surface area contributed by atoms with Gasteiger partial charge in [0.2, 0.25) is 0 Å². The van der Waals surface area contributed by atoms with Crippen molar-refractivity contribution in [1.82, 2.24) is 5.32 Å². The summed E-state index contributed by atoms with van der Waals surface area (Å²) in [6, 6.07) is 9.83. The molecule has 112 valence electrons. The van der Waals surface area contributed by atoms with Gasteiger partial charge in [-0.25, -0.2) is 13.2 Å². The summed E-state index contributed by atoms with van der Waals surface area (Å²) in [5.41, 5.74) is 1.39. The summed E-state index contributed by atoms with van der Waals surface area (Å²) in [6.07, 6.45) is 0.450. The Morgan fingerprint density at radius 1 is 0.952 bits per heavy atom. The van der Waals surface area contributed by atoms with Gasteiger partial charge in [-0.05, 0) is 48.4 Å². The monoisotopic (exact) mass is 293 g/mol. The van der Waals surface area contributed by atoms with Crippen molar-refractivity contribution in [3.8, 4) is 0 Å². The first-order valence-corrected chi connectivity index (χ1v) is 6.99. The second kappa shape index (κ2) is 7.27. The SMILES string of the molecule is CCNCC(Cc1cc(F)cc(F)c1)c1cccc(F)c1. The summed E-state index contributed by atoms with van der Waals surface area (Å²) in [7, 11) is 0. The van der Waals surface area contributed by atoms with E-state index in [0.717, 1.165) is 18.2 Å². The fraction of sp³-hybridized carbons (Fsp3) is 0.294. The number of hydrogen-bond donors (Lipinski definition) is 1. The first kappa shape index (κ1) is 15.6. The van der Waals surface area contributed by atoms with Gasteiger partial charge in [0.25, 0.3) is 0 Å². The predicted molar refractivity (Wildman–Crippen MR) is 77.7 cm³/mol. The van der Waals surface area contributed by atoms with Crippen LogP contribution in [0.15, 0.2) is 42.5 Å². The molecule has 0 aromatic heterocycles. The van der Waals surface area contributed by atoms with E-state index in [1.807, 2.05) is 13.0 Å². The van der Waals surface area contributed by atoms with E-state index in [4.69, 9.17) is 0 Å². The largest absolute Gasteiger partial charge is 0.316 e. The normalized spacial score (nSPS) is 12.4. The zero-order chi connectivity index (χ0) is 15.2. The van der Waals surface area contributed by atoms with E-state index in [-0.39, 0.29) is 11.7 Å². The van der Waals surface area contributed by atoms with Crippen molar-refractivity contribution in [1.29, 1.82) is 0 Å². The van der Waals surface area contributed by atoms with E-state index in [1.165, 1.54) is 24.3 Å². The summed E-state index contributed by atoms with van der Waals surface area (Å²) in [5, 5.41) is 3.21. The lowest BCUT2D eigenvalue weighted by atomic mass is 9.91. The van der Waals surface area contributed by atoms with E-state index < -0.39 is 11.6 Å². The third-order valence-electron chi connectivity index (χ3n) is 3.37. The van der Waals surface area contributed by atoms with Crippen molar-refractivity contribution >= 4 is 0 Å². The first-order chi connectivity index (χ1) is 10.1. The third-order valence-corrected chi connectivity index (χ3v) is 3.37. The van der Waals surface area contributed by atoms with Crippen LogP contribution in [0.5, 0.6) is 0 Å². The van der Waals surface area contributed by atoms with Gasteiger partial charge in [-0.1, -0.05) is 19.1 Å². The van der Waals surface area contributed by atoms with Gasteiger partial charge in [0.15, 0.2) is 0 Å². The lowest BCUT2D eigenvalue weighted by Gasteiger charge is -2.18. The highest BCUT2D eigenvalue weighted by molar-refractivity contribution is 5.26. The fourth-order valence-corrected chi connectivity index (χ4v) is 2.40. The minimum absolute atomic E-state index is 0.0400. The molecular weight excluding hydrogens is 275 g/mol. The summed E-state index contributed by atoms with van der Waals surface area (Å²) in [6.45, 7) is 3.38. The number of benzene rings is 2. The average molecular weight is 293 g/mol. The van der Waals surface area contributed by atoms with Gasteiger partial charge in [-0.15, -0.1) is 0 Å². The van der Waals surface area contributed by atoms with Crippen LogP contribution >= 0.6 is 0 Å². The Morgan fingerprint density at radius 3 is 2.29 bits per heavy atom. The number of nitrogens with one attached hydrogen (secondary N) is 1. The highest BCUT2D eigenvalue weighted by atomic mass is 19.1. The van der Waals surface area contributed by atoms with Crippen LogP contribution in [0, 0.1) is 17.5 Å². The molecule has 21 heavy (non-hydrogen) atoms. The molecular formula is C17H18F3N. The Balaban J connectivity index is 2.23. The number of rotatable bonds is 6. The number of halogens is 3. The molecule has 0 saturated heterocycles. The van der Waals surface area contributed by atoms with Gasteiger partial charge in [-0.3, -0.25) is 0 Å². The fourth-order valence-electron chi connectivity index (χ4n) is 2.40. The molecule has 2 aromatic carbocycles. The van der Waals surface area contributed by atoms with Crippen molar-refractivity contribution < 1.29 is 13.2 Å². The lowest BCUT2D eigenvalue weighted by Crippen LogP contribution is -2.22. The van der Waals surface area contributed by atoms with Gasteiger partial charge in [0, 0.05) is 18.5 Å². The highest BCUT2D eigenvalue weighted by Gasteiger charge is 2.14. The smallest absolute Gasteiger partial charge is 0.126 e. The molecule has 0 bridgehead atoms. The molecule has 0 aliphatic carbocycles. The maximum absolute atomic E-state index is 13.4. The minimum Gasteiger partial charge on any atom is -0.316 e. The molecule has 0 aliphatic rings. The molecule has 0 radical (unpaired) electrons. The minimum atomic E-state index is -0.591. The molecule has 0 heterocycles. The lowest BCUT2D eigenvalue weighted by molar-refractivity contribution is 0.562. The Morgan fingerprint density at radius 2 is 1.67 bits per heavy atom. The van der Waals surface area contributed by atoms with Crippen molar-refractivity contribution in [2.24, 2.45) is 0 Å². The van der Waals surface area contributed by atoms with Gasteiger partial charge in [-0.2, -0.15) is 0 Å². The zero-order valence-corrected chi connectivity index (χ0v) is 11.9. The van der Waals surface area contributed by atoms with Gasteiger partial charge in [0.05, 0.1) is 0 Å². The van der Waals surface area contributed by atoms with Crippen molar-refractivity contribution in [3.05, 3.63) is 71.0 Å². The molecule has 4 heteroatoms. The van der Waals surface area contributed by atoms with Gasteiger partial charge in [0.1, 0.15) is 17.5 Å². The number of likely N-dealkylation sites (N-methyl/N-ethyl adjacent to an activating group) is 1. The predicted octanol–water partition coefficient (Wildman–Crippen LogP) is 4.04. The molecule has 2 rings (SSSR count). The van der Waals surface area contributed by atoms with Gasteiger partial charge < -0.3 is 5.32 Å². The van der Waals surface area contributed by atoms with Crippen molar-refractivity contribution in [3.63, 3.8) is 0 Å². The topological polar surface area (TPSA) is 12.0 Å². The summed E-state index contributed by atoms with van der Waals surface area (Å²) in [5.74, 6) is -1.53. The Labute approximate surface area is 122 Å². The summed E-state index contributed by atoms with van der Waals surface area (Å²) < 4.78 is 39.9. The standard InChI is InChI=1S/C17H18F3N/c1-2-21-11-14(13-4-3-5-15(18)9-13)6-12-7-16(19)10-17(20)8-12/h3-5,7-10,14,21H,2,6,11H2,1H3. The van der Waals surface area contributed by atoms with Crippen LogP contribution in [0.4, 0.5) is 13.2 Å². The van der Waals surface area contributed by atoms with E-state index in [0.29, 0.717) is 18.5 Å². The highest BCUT2D eigenvalue weighted by Crippen LogP contribution is 2.22. The third kappa shape index (κ3) is 4.60. The second-order valence-electron chi connectivity index (χ2n) is 5.04. The molecule has 2 aromatic rings. The van der Waals surface area contributed by atoms with E-state index in [9.17, 15) is 13.2 Å². The Bertz CT molecular complexity index is 578. The molecule has 0 saturated carbocycles. The molecule has 1 nitrogen and oxygen atoms in total. The summed E-state index contributed by atoms with van der Waals surface area (Å²) >= 11 is 0. The number of hydrogen-bond acceptors (Lipinski definition) is 1. The quantitative estimate of drug-likeness (QED) is 0.847. The van der Waals surface area contributed by atoms with Crippen LogP contribution in [0.2, 0.25) is 0 Å². The van der Waals surface area contributed by atoms with Gasteiger partial charge >= 0.3 is 0 Å². The molecule has 1 N–H and O–H groups in total. The molecule has 1 unspecified atom stereocenters. The summed E-state index contributed by atoms with van der Waals surface area (Å²) in [4.78, 5) is 0. The van der Waals surface area contributed by atoms with Crippen LogP contribution < -0.4 is 5.32 Å². The molecule has 0 aliphatic heterocycles. The van der Waals surface area contributed by atoms with E-state index >= 15 is 0 Å². The van der Waals surface area contributed by atoms with Crippen LogP contribution in [0.3, 0.4) is 0 Å². The van der Waals surface area contributed by atoms with Crippen LogP contribution in [0.1, 0.15) is 24.0 Å². The van der Waals surface area contributed by atoms with Crippen LogP contribution in [0.25, 0.3) is 0 Å². The van der Waals surface area contributed by atoms with Crippen molar-refractivity contribution in [2.45, 2.75) is 19.3 Å². The van der Waals surface area contributed by atoms with Crippen LogP contribution in [-0.2, 0) is 6.42 Å². The Kier molecular flexibility index (Phi) is 5.39. The van der Waals surface area contributed by atoms with Crippen molar-refractivity contribution in [2.75, 3.05) is 13.1 Å². The molecule has 0 spiro atoms. The molecule has 0 amide bonds. The molecule has 0 fully saturated rings. The van der Waals surface area contributed by atoms with E-state index in [2.05, 4.69) is 5.32 Å². The first-order valence-electron chi connectivity index (χ1n) is 6.99.